The third-order valence-electron chi connectivity index (χ3n) is 4.62. The van der Waals surface area contributed by atoms with Crippen LogP contribution in [0.1, 0.15) is 6.42 Å². The molecule has 3 heterocycles. The van der Waals surface area contributed by atoms with Gasteiger partial charge in [-0.1, -0.05) is 0 Å². The first kappa shape index (κ1) is 17.5. The summed E-state index contributed by atoms with van der Waals surface area (Å²) in [6, 6.07) is -0.523. The topological polar surface area (TPSA) is 107 Å². The van der Waals surface area contributed by atoms with Crippen molar-refractivity contribution in [2.24, 2.45) is 0 Å². The number of hydrogen-bond donors (Lipinski definition) is 1. The van der Waals surface area contributed by atoms with E-state index in [0.717, 1.165) is 16.9 Å². The van der Waals surface area contributed by atoms with Crippen molar-refractivity contribution < 1.29 is 22.8 Å². The summed E-state index contributed by atoms with van der Waals surface area (Å²) in [5.41, 5.74) is -0.850. The number of hydrogen-bond acceptors (Lipinski definition) is 6. The highest BCUT2D eigenvalue weighted by Crippen LogP contribution is 2.33. The van der Waals surface area contributed by atoms with Crippen LogP contribution in [0.3, 0.4) is 0 Å². The second-order valence-corrected chi connectivity index (χ2v) is 9.34. The number of piperazine rings is 1. The SMILES string of the molecule is CS(=O)(=O)N1CCN(C(=O)CN2C(=O)N[C@@]3(CCSC3)C2=O)CC1. The molecule has 0 aromatic rings. The quantitative estimate of drug-likeness (QED) is 0.602. The maximum absolute atomic E-state index is 12.5. The van der Waals surface area contributed by atoms with E-state index in [4.69, 9.17) is 0 Å². The van der Waals surface area contributed by atoms with E-state index in [9.17, 15) is 22.8 Å². The fourth-order valence-electron chi connectivity index (χ4n) is 3.16. The third-order valence-corrected chi connectivity index (χ3v) is 7.11. The second-order valence-electron chi connectivity index (χ2n) is 6.25. The Kier molecular flexibility index (Phi) is 4.51. The maximum atomic E-state index is 12.5. The van der Waals surface area contributed by atoms with Crippen LogP contribution < -0.4 is 5.32 Å². The molecule has 24 heavy (non-hydrogen) atoms. The van der Waals surface area contributed by atoms with Gasteiger partial charge >= 0.3 is 6.03 Å². The summed E-state index contributed by atoms with van der Waals surface area (Å²) in [7, 11) is -3.27. The van der Waals surface area contributed by atoms with Crippen LogP contribution in [0.4, 0.5) is 4.79 Å². The molecule has 9 nitrogen and oxygen atoms in total. The number of carbonyl (C=O) groups is 3. The van der Waals surface area contributed by atoms with Crippen LogP contribution in [0, 0.1) is 0 Å². The van der Waals surface area contributed by atoms with Crippen molar-refractivity contribution in [2.75, 3.05) is 50.5 Å². The molecular formula is C13H20N4O5S2. The number of nitrogens with zero attached hydrogens (tertiary/aromatic N) is 3. The smallest absolute Gasteiger partial charge is 0.325 e. The monoisotopic (exact) mass is 376 g/mol. The first-order valence-electron chi connectivity index (χ1n) is 7.68. The highest BCUT2D eigenvalue weighted by atomic mass is 32.2. The molecule has 1 atom stereocenters. The molecule has 0 saturated carbocycles. The lowest BCUT2D eigenvalue weighted by Gasteiger charge is -2.33. The van der Waals surface area contributed by atoms with Crippen molar-refractivity contribution >= 4 is 39.6 Å². The van der Waals surface area contributed by atoms with Gasteiger partial charge in [0.25, 0.3) is 5.91 Å². The van der Waals surface area contributed by atoms with Crippen molar-refractivity contribution in [1.29, 1.82) is 0 Å². The summed E-state index contributed by atoms with van der Waals surface area (Å²) >= 11 is 1.61. The zero-order valence-electron chi connectivity index (χ0n) is 13.4. The van der Waals surface area contributed by atoms with Gasteiger partial charge in [0, 0.05) is 31.9 Å². The van der Waals surface area contributed by atoms with Crippen molar-refractivity contribution in [1.82, 2.24) is 19.4 Å². The molecule has 3 aliphatic heterocycles. The van der Waals surface area contributed by atoms with E-state index in [-0.39, 0.29) is 44.5 Å². The van der Waals surface area contributed by atoms with Crippen LogP contribution in [-0.2, 0) is 19.6 Å². The number of sulfonamides is 1. The zero-order valence-corrected chi connectivity index (χ0v) is 15.0. The van der Waals surface area contributed by atoms with E-state index in [1.165, 1.54) is 9.21 Å². The van der Waals surface area contributed by atoms with Crippen LogP contribution >= 0.6 is 11.8 Å². The molecule has 1 spiro atoms. The summed E-state index contributed by atoms with van der Waals surface area (Å²) in [6.07, 6.45) is 1.72. The number of nitrogens with one attached hydrogen (secondary N) is 1. The molecule has 0 aliphatic carbocycles. The Bertz CT molecular complexity index is 666. The van der Waals surface area contributed by atoms with Crippen molar-refractivity contribution in [3.8, 4) is 0 Å². The summed E-state index contributed by atoms with van der Waals surface area (Å²) in [6.45, 7) is 0.680. The molecule has 0 radical (unpaired) electrons. The minimum Gasteiger partial charge on any atom is -0.338 e. The number of amides is 4. The lowest BCUT2D eigenvalue weighted by Crippen LogP contribution is -2.53. The third kappa shape index (κ3) is 3.11. The molecule has 3 rings (SSSR count). The van der Waals surface area contributed by atoms with Crippen LogP contribution in [0.15, 0.2) is 0 Å². The Morgan fingerprint density at radius 1 is 1.25 bits per heavy atom. The van der Waals surface area contributed by atoms with Crippen LogP contribution in [0.2, 0.25) is 0 Å². The van der Waals surface area contributed by atoms with Gasteiger partial charge in [0.1, 0.15) is 12.1 Å². The Labute approximate surface area is 144 Å². The van der Waals surface area contributed by atoms with Crippen molar-refractivity contribution in [2.45, 2.75) is 12.0 Å². The average Bonchev–Trinajstić information content (AvgIpc) is 3.08. The van der Waals surface area contributed by atoms with E-state index >= 15 is 0 Å². The Morgan fingerprint density at radius 3 is 2.46 bits per heavy atom. The largest absolute Gasteiger partial charge is 0.338 e. The Balaban J connectivity index is 1.60. The van der Waals surface area contributed by atoms with Crippen LogP contribution in [0.25, 0.3) is 0 Å². The van der Waals surface area contributed by atoms with Gasteiger partial charge < -0.3 is 10.2 Å². The van der Waals surface area contributed by atoms with Gasteiger partial charge in [-0.15, -0.1) is 0 Å². The average molecular weight is 376 g/mol. The maximum Gasteiger partial charge on any atom is 0.325 e. The van der Waals surface area contributed by atoms with E-state index < -0.39 is 21.6 Å². The molecule has 3 fully saturated rings. The number of rotatable bonds is 3. The molecule has 0 bridgehead atoms. The normalized spacial score (nSPS) is 28.7. The number of thioether (sulfide) groups is 1. The van der Waals surface area contributed by atoms with Crippen molar-refractivity contribution in [3.05, 3.63) is 0 Å². The Morgan fingerprint density at radius 2 is 1.92 bits per heavy atom. The fourth-order valence-corrected chi connectivity index (χ4v) is 5.31. The minimum absolute atomic E-state index is 0.227. The predicted molar refractivity (Wildman–Crippen MR) is 87.9 cm³/mol. The predicted octanol–water partition coefficient (Wildman–Crippen LogP) is -1.48. The number of urea groups is 1. The van der Waals surface area contributed by atoms with Gasteiger partial charge in [0.2, 0.25) is 15.9 Å². The lowest BCUT2D eigenvalue weighted by molar-refractivity contribution is -0.139. The molecule has 0 aromatic carbocycles. The van der Waals surface area contributed by atoms with Gasteiger partial charge in [-0.05, 0) is 12.2 Å². The summed E-state index contributed by atoms with van der Waals surface area (Å²) in [4.78, 5) is 39.5. The van der Waals surface area contributed by atoms with E-state index in [0.29, 0.717) is 12.2 Å². The van der Waals surface area contributed by atoms with Crippen LogP contribution in [0.5, 0.6) is 0 Å². The van der Waals surface area contributed by atoms with E-state index in [2.05, 4.69) is 5.32 Å². The second kappa shape index (κ2) is 6.19. The molecule has 3 aliphatic rings. The molecule has 0 aromatic heterocycles. The van der Waals surface area contributed by atoms with E-state index in [1.54, 1.807) is 11.8 Å². The fraction of sp³-hybridized carbons (Fsp3) is 0.769. The summed E-state index contributed by atoms with van der Waals surface area (Å²) < 4.78 is 24.3. The van der Waals surface area contributed by atoms with Crippen molar-refractivity contribution in [3.63, 3.8) is 0 Å². The standard InChI is InChI=1S/C13H20N4O5S2/c1-24(21,22)16-5-3-15(4-6-16)10(18)8-17-11(19)13(14-12(17)20)2-7-23-9-13/h2-9H2,1H3,(H,14,20)/t13-/m1/s1. The Hall–Kier alpha value is -1.33. The molecule has 4 amide bonds. The molecule has 134 valence electrons. The zero-order chi connectivity index (χ0) is 17.5. The highest BCUT2D eigenvalue weighted by Gasteiger charge is 2.53. The molecular weight excluding hydrogens is 356 g/mol. The van der Waals surface area contributed by atoms with Gasteiger partial charge in [-0.3, -0.25) is 14.5 Å². The van der Waals surface area contributed by atoms with Gasteiger partial charge in [0.15, 0.2) is 0 Å². The first-order valence-corrected chi connectivity index (χ1v) is 10.7. The van der Waals surface area contributed by atoms with E-state index in [1.807, 2.05) is 0 Å². The first-order chi connectivity index (χ1) is 11.2. The number of carbonyl (C=O) groups excluding carboxylic acids is 3. The number of imide groups is 1. The molecule has 1 N–H and O–H groups in total. The molecule has 11 heteroatoms. The van der Waals surface area contributed by atoms with Gasteiger partial charge in [-0.2, -0.15) is 16.1 Å². The summed E-state index contributed by atoms with van der Waals surface area (Å²) in [5, 5.41) is 2.72. The summed E-state index contributed by atoms with van der Waals surface area (Å²) in [5.74, 6) is 0.672. The molecule has 0 unspecified atom stereocenters. The lowest BCUT2D eigenvalue weighted by atomic mass is 9.99. The highest BCUT2D eigenvalue weighted by molar-refractivity contribution is 7.99. The minimum atomic E-state index is -3.27. The van der Waals surface area contributed by atoms with Crippen LogP contribution in [-0.4, -0.2) is 96.4 Å². The van der Waals surface area contributed by atoms with Gasteiger partial charge in [-0.25, -0.2) is 13.2 Å². The van der Waals surface area contributed by atoms with Gasteiger partial charge in [0.05, 0.1) is 6.26 Å². The molecule has 3 saturated heterocycles.